The van der Waals surface area contributed by atoms with Crippen molar-refractivity contribution in [1.29, 1.82) is 0 Å². The number of aliphatic imine (C=N–C) groups is 6. The van der Waals surface area contributed by atoms with Gasteiger partial charge in [0.1, 0.15) is 52.6 Å². The van der Waals surface area contributed by atoms with Gasteiger partial charge in [0.2, 0.25) is 37.8 Å². The highest BCUT2D eigenvalue weighted by Crippen LogP contribution is 2.48. The predicted molar refractivity (Wildman–Crippen MR) is 408 cm³/mol. The number of fused-ring (bicyclic) bond motifs is 3. The first kappa shape index (κ1) is 83.9. The van der Waals surface area contributed by atoms with Gasteiger partial charge in [-0.15, -0.1) is 35.3 Å². The number of hydrogen-bond acceptors (Lipinski definition) is 21. The number of sulfonamides is 2. The Bertz CT molecular complexity index is 4560. The van der Waals surface area contributed by atoms with Gasteiger partial charge in [0.25, 0.3) is 0 Å². The van der Waals surface area contributed by atoms with Crippen LogP contribution in [-0.4, -0.2) is 254 Å². The molecule has 6 unspecified atom stereocenters. The lowest BCUT2D eigenvalue weighted by Crippen LogP contribution is -2.53. The number of thioether (sulfide) groups is 3. The second kappa shape index (κ2) is 34.6. The van der Waals surface area contributed by atoms with Gasteiger partial charge in [-0.3, -0.25) is 38.0 Å². The summed E-state index contributed by atoms with van der Waals surface area (Å²) in [6, 6.07) is 14.5. The van der Waals surface area contributed by atoms with Crippen LogP contribution in [0.1, 0.15) is 48.4 Å². The smallest absolute Gasteiger partial charge is 0.356 e. The molecule has 0 aromatic heterocycles. The van der Waals surface area contributed by atoms with E-state index in [0.29, 0.717) is 145 Å². The highest BCUT2D eigenvalue weighted by atomic mass is 35.5. The Balaban J connectivity index is 0.000000173. The Morgan fingerprint density at radius 2 is 0.787 bits per heavy atom. The molecule has 9 aliphatic rings. The highest BCUT2D eigenvalue weighted by molar-refractivity contribution is 8.04. The largest absolute Gasteiger partial charge is 0.393 e. The summed E-state index contributed by atoms with van der Waals surface area (Å²) in [4.78, 5) is 76.5. The molecule has 3 amide bonds. The lowest BCUT2D eigenvalue weighted by atomic mass is 10.0. The molecule has 0 N–H and O–H groups in total. The molecule has 0 bridgehead atoms. The maximum atomic E-state index is 13.0. The first-order chi connectivity index (χ1) is 50.5. The van der Waals surface area contributed by atoms with Gasteiger partial charge in [-0.05, 0) is 74.2 Å². The third kappa shape index (κ3) is 22.6. The van der Waals surface area contributed by atoms with Crippen LogP contribution >= 0.6 is 70.1 Å². The van der Waals surface area contributed by atoms with Crippen molar-refractivity contribution in [3.8, 4) is 0 Å². The van der Waals surface area contributed by atoms with E-state index in [4.69, 9.17) is 34.8 Å². The summed E-state index contributed by atoms with van der Waals surface area (Å²) in [5.74, 6) is 0.653. The molecule has 0 spiro atoms. The topological polar surface area (TPSA) is 254 Å². The van der Waals surface area contributed by atoms with E-state index in [1.807, 2.05) is 14.7 Å². The van der Waals surface area contributed by atoms with Crippen LogP contribution in [-0.2, 0) is 69.3 Å². The van der Waals surface area contributed by atoms with Gasteiger partial charge in [-0.2, -0.15) is 39.5 Å². The van der Waals surface area contributed by atoms with E-state index in [1.54, 1.807) is 88.4 Å². The van der Waals surface area contributed by atoms with Crippen molar-refractivity contribution in [1.82, 2.24) is 29.4 Å². The Morgan fingerprint density at radius 3 is 1.07 bits per heavy atom. The maximum Gasteiger partial charge on any atom is 0.393 e. The number of nitrogens with zero attached hydrogens (tertiary/aromatic N) is 14. The molecule has 3 aromatic rings. The summed E-state index contributed by atoms with van der Waals surface area (Å²) in [6.07, 6.45) is -3.07. The van der Waals surface area contributed by atoms with Crippen molar-refractivity contribution < 1.29 is 79.2 Å². The normalized spacial score (nSPS) is 22.3. The lowest BCUT2D eigenvalue weighted by Gasteiger charge is -2.39. The number of amidine groups is 3. The molecule has 0 aliphatic carbocycles. The average Bonchev–Trinajstić information content (AvgIpc) is 1.63. The predicted octanol–water partition coefficient (Wildman–Crippen LogP) is 10.7. The van der Waals surface area contributed by atoms with Crippen molar-refractivity contribution in [3.63, 3.8) is 0 Å². The van der Waals surface area contributed by atoms with E-state index in [0.717, 1.165) is 58.4 Å². The molecule has 588 valence electrons. The first-order valence-corrected chi connectivity index (χ1v) is 43.2. The van der Waals surface area contributed by atoms with Crippen LogP contribution in [0.25, 0.3) is 0 Å². The third-order valence-electron chi connectivity index (χ3n) is 18.4. The molecule has 23 nitrogen and oxygen atoms in total. The van der Waals surface area contributed by atoms with Gasteiger partial charge in [0.15, 0.2) is 9.84 Å². The number of sulfone groups is 1. The number of anilines is 2. The molecular weight excluding hydrogens is 1610 g/mol. The van der Waals surface area contributed by atoms with Crippen LogP contribution in [0, 0.1) is 17.8 Å². The van der Waals surface area contributed by atoms with Crippen LogP contribution in [0.5, 0.6) is 0 Å². The number of carbonyl (C=O) groups is 3. The number of halogens is 12. The molecule has 41 heteroatoms. The quantitative estimate of drug-likeness (QED) is 0.121. The zero-order valence-electron chi connectivity index (χ0n) is 58.7. The monoisotopic (exact) mass is 1690 g/mol. The summed E-state index contributed by atoms with van der Waals surface area (Å²) in [5.41, 5.74) is 3.22. The number of carbonyl (C=O) groups excluding carboxylic acids is 3. The molecule has 12 rings (SSSR count). The van der Waals surface area contributed by atoms with Crippen molar-refractivity contribution in [2.24, 2.45) is 47.7 Å². The maximum absolute atomic E-state index is 13.0. The van der Waals surface area contributed by atoms with Crippen LogP contribution in [0.2, 0.25) is 15.1 Å². The van der Waals surface area contributed by atoms with Crippen molar-refractivity contribution in [3.05, 3.63) is 125 Å². The summed E-state index contributed by atoms with van der Waals surface area (Å²) in [5, 5.41) is -0.0689. The number of alkyl halides is 9. The van der Waals surface area contributed by atoms with Gasteiger partial charge in [-0.1, -0.05) is 77.3 Å². The summed E-state index contributed by atoms with van der Waals surface area (Å²) >= 11 is 22.4. The standard InChI is InChI=1S/C23H27ClF3N5O3S2.C22H25ClF3N5O3S2.C22H24ClF3N4O3S2/c1-3-32(37(2,34)35)16-5-4-15(19(24)11-16)10-20(33)30-6-8-31(9-7-30)21-18-12-17(13-23(25,26)27)36-22(18)29-14-28-21;1-29(36(2,33)34)15-4-3-14(18(23)10-15)9-19(32)30-5-7-31(8-6-30)20-17-11-16(12-22(24,25)26)35-21(17)28-13-27-20;1-35(32,33)12-14-2-3-15(18(23)8-14)9-19(31)29-4-6-30(7-5-29)20-17-10-16(11-22(24,25)26)34-21(17)28-13-27-20/h4-5,11-12,14,18,22H,3,6-10,13H2,1-2H3;3-4,10-11,13,17,21H,5-9,12H2,1-2H3;2-3,8,10,13,17,21H,4-7,9,11-12H2,1H3. The third-order valence-corrected chi connectivity index (χ3v) is 26.5. The summed E-state index contributed by atoms with van der Waals surface area (Å²) in [6.45, 7) is 7.64. The first-order valence-electron chi connectivity index (χ1n) is 33.7. The summed E-state index contributed by atoms with van der Waals surface area (Å²) in [7, 11) is -8.65. The number of hydrogen-bond donors (Lipinski definition) is 0. The van der Waals surface area contributed by atoms with Crippen LogP contribution < -0.4 is 8.61 Å². The lowest BCUT2D eigenvalue weighted by molar-refractivity contribution is -0.132. The Morgan fingerprint density at radius 1 is 0.472 bits per heavy atom. The molecule has 3 saturated heterocycles. The van der Waals surface area contributed by atoms with Crippen LogP contribution in [0.3, 0.4) is 0 Å². The number of allylic oxidation sites excluding steroid dienone is 3. The minimum atomic E-state index is -4.27. The van der Waals surface area contributed by atoms with E-state index < -0.39 is 67.7 Å². The molecule has 108 heavy (non-hydrogen) atoms. The van der Waals surface area contributed by atoms with Gasteiger partial charge < -0.3 is 29.4 Å². The molecule has 0 saturated carbocycles. The minimum absolute atomic E-state index is 0.0696. The van der Waals surface area contributed by atoms with Crippen LogP contribution in [0.4, 0.5) is 50.9 Å². The fourth-order valence-corrected chi connectivity index (χ4v) is 19.9. The van der Waals surface area contributed by atoms with E-state index in [-0.39, 0.29) is 97.9 Å². The fourth-order valence-electron chi connectivity index (χ4n) is 13.1. The second-order valence-electron chi connectivity index (χ2n) is 26.5. The number of amides is 3. The van der Waals surface area contributed by atoms with Crippen molar-refractivity contribution in [2.45, 2.75) is 85.9 Å². The number of piperazine rings is 3. The molecule has 9 heterocycles. The van der Waals surface area contributed by atoms with Gasteiger partial charge in [-0.25, -0.2) is 40.2 Å². The van der Waals surface area contributed by atoms with Gasteiger partial charge in [0.05, 0.1) is 85.9 Å². The second-order valence-corrected chi connectivity index (χ2v) is 37.5. The number of rotatable bonds is 16. The van der Waals surface area contributed by atoms with E-state index in [2.05, 4.69) is 30.0 Å². The van der Waals surface area contributed by atoms with E-state index in [9.17, 15) is 79.2 Å². The van der Waals surface area contributed by atoms with Gasteiger partial charge >= 0.3 is 18.5 Å². The fraction of sp³-hybridized carbons (Fsp3) is 0.507. The molecular formula is C67H76Cl3F9N14O9S6. The highest BCUT2D eigenvalue weighted by Gasteiger charge is 2.44. The SMILES string of the molecule is CCN(c1ccc(CC(=O)N2CCN(C3=NC=NC4SC(CC(F)(F)F)=CC34)CC2)c(Cl)c1)S(C)(=O)=O.CN(c1ccc(CC(=O)N2CCN(C3=NC=NC4SC(CC(F)(F)F)=CC34)CC2)c(Cl)c1)S(C)(=O)=O.CS(=O)(=O)Cc1ccc(CC(=O)N2CCN(C3=NC=NC4SC(CC(F)(F)F)=CC34)CC2)c(Cl)c1. The van der Waals surface area contributed by atoms with E-state index >= 15 is 0 Å². The summed E-state index contributed by atoms with van der Waals surface area (Å²) < 4.78 is 188. The van der Waals surface area contributed by atoms with Crippen molar-refractivity contribution in [2.75, 3.05) is 120 Å². The Kier molecular flexibility index (Phi) is 26.9. The van der Waals surface area contributed by atoms with Crippen LogP contribution in [0.15, 0.2) is 117 Å². The molecule has 9 aliphatic heterocycles. The Hall–Kier alpha value is -6.55. The van der Waals surface area contributed by atoms with Crippen molar-refractivity contribution >= 4 is 166 Å². The average molecular weight is 1690 g/mol. The Labute approximate surface area is 647 Å². The zero-order chi connectivity index (χ0) is 78.6. The molecule has 0 radical (unpaired) electrons. The molecule has 3 fully saturated rings. The van der Waals surface area contributed by atoms with Gasteiger partial charge in [0, 0.05) is 113 Å². The zero-order valence-corrected chi connectivity index (χ0v) is 65.9. The number of benzene rings is 3. The molecule has 3 aromatic carbocycles. The molecule has 6 atom stereocenters. The minimum Gasteiger partial charge on any atom is -0.356 e. The van der Waals surface area contributed by atoms with E-state index in [1.165, 1.54) is 36.4 Å².